The number of rotatable bonds is 6. The van der Waals surface area contributed by atoms with Crippen LogP contribution in [0.2, 0.25) is 0 Å². The molecule has 0 saturated heterocycles. The van der Waals surface area contributed by atoms with E-state index in [1.165, 1.54) is 6.92 Å². The number of hydrogen-bond donors (Lipinski definition) is 3. The maximum absolute atomic E-state index is 11.4. The summed E-state index contributed by atoms with van der Waals surface area (Å²) in [5.74, 6) is -0.0615. The number of amides is 3. The average Bonchev–Trinajstić information content (AvgIpc) is 2.37. The monoisotopic (exact) mass is 280 g/mol. The van der Waals surface area contributed by atoms with Crippen molar-refractivity contribution in [1.29, 1.82) is 0 Å². The Labute approximate surface area is 117 Å². The summed E-state index contributed by atoms with van der Waals surface area (Å²) in [4.78, 5) is 22.0. The molecule has 6 heteroatoms. The van der Waals surface area contributed by atoms with Gasteiger partial charge in [-0.05, 0) is 44.4 Å². The minimum absolute atomic E-state index is 0.330. The molecular weight excluding hydrogens is 260 g/mol. The SMILES string of the molecule is CC(O)CCc1ccc(OC(C)C(=O)NC(N)=O)cc1. The fraction of sp³-hybridized carbons (Fsp3) is 0.429. The zero-order valence-corrected chi connectivity index (χ0v) is 11.6. The van der Waals surface area contributed by atoms with Crippen molar-refractivity contribution in [1.82, 2.24) is 5.32 Å². The minimum atomic E-state index is -0.904. The molecule has 0 bridgehead atoms. The summed E-state index contributed by atoms with van der Waals surface area (Å²) in [5, 5.41) is 11.2. The van der Waals surface area contributed by atoms with Crippen LogP contribution < -0.4 is 15.8 Å². The van der Waals surface area contributed by atoms with E-state index < -0.39 is 18.0 Å². The number of aryl methyl sites for hydroxylation is 1. The molecule has 1 aromatic rings. The number of aliphatic hydroxyl groups excluding tert-OH is 1. The van der Waals surface area contributed by atoms with Crippen LogP contribution in [0.3, 0.4) is 0 Å². The van der Waals surface area contributed by atoms with Crippen molar-refractivity contribution in [3.05, 3.63) is 29.8 Å². The van der Waals surface area contributed by atoms with Crippen LogP contribution in [0.25, 0.3) is 0 Å². The lowest BCUT2D eigenvalue weighted by atomic mass is 10.1. The molecule has 0 aliphatic rings. The zero-order valence-electron chi connectivity index (χ0n) is 11.6. The van der Waals surface area contributed by atoms with Crippen LogP contribution in [-0.4, -0.2) is 29.3 Å². The number of imide groups is 1. The first-order valence-electron chi connectivity index (χ1n) is 6.42. The number of carbonyl (C=O) groups is 2. The van der Waals surface area contributed by atoms with Gasteiger partial charge in [0.1, 0.15) is 5.75 Å². The van der Waals surface area contributed by atoms with Gasteiger partial charge < -0.3 is 15.6 Å². The van der Waals surface area contributed by atoms with Crippen molar-refractivity contribution in [2.45, 2.75) is 38.9 Å². The van der Waals surface area contributed by atoms with Crippen LogP contribution in [0.4, 0.5) is 4.79 Å². The predicted molar refractivity (Wildman–Crippen MR) is 74.3 cm³/mol. The van der Waals surface area contributed by atoms with Crippen molar-refractivity contribution < 1.29 is 19.4 Å². The molecular formula is C14H20N2O4. The van der Waals surface area contributed by atoms with Gasteiger partial charge in [-0.15, -0.1) is 0 Å². The number of nitrogens with two attached hydrogens (primary N) is 1. The number of benzene rings is 1. The lowest BCUT2D eigenvalue weighted by molar-refractivity contribution is -0.126. The lowest BCUT2D eigenvalue weighted by Gasteiger charge is -2.13. The van der Waals surface area contributed by atoms with E-state index in [9.17, 15) is 14.7 Å². The molecule has 2 atom stereocenters. The molecule has 0 aliphatic carbocycles. The second-order valence-electron chi connectivity index (χ2n) is 4.65. The Kier molecular flexibility index (Phi) is 5.99. The number of hydrogen-bond acceptors (Lipinski definition) is 4. The highest BCUT2D eigenvalue weighted by Crippen LogP contribution is 2.15. The third kappa shape index (κ3) is 5.71. The number of nitrogens with one attached hydrogen (secondary N) is 1. The molecule has 4 N–H and O–H groups in total. The zero-order chi connectivity index (χ0) is 15.1. The van der Waals surface area contributed by atoms with E-state index in [0.717, 1.165) is 12.0 Å². The van der Waals surface area contributed by atoms with Gasteiger partial charge in [0.25, 0.3) is 5.91 Å². The summed E-state index contributed by atoms with van der Waals surface area (Å²) in [6.45, 7) is 3.27. The summed E-state index contributed by atoms with van der Waals surface area (Å²) in [6, 6.07) is 6.32. The first-order valence-corrected chi connectivity index (χ1v) is 6.42. The summed E-state index contributed by atoms with van der Waals surface area (Å²) in [7, 11) is 0. The molecule has 3 amide bonds. The molecule has 1 rings (SSSR count). The second kappa shape index (κ2) is 7.49. The van der Waals surface area contributed by atoms with Crippen LogP contribution in [0.5, 0.6) is 5.75 Å². The Balaban J connectivity index is 2.52. The molecule has 0 saturated carbocycles. The smallest absolute Gasteiger partial charge is 0.318 e. The molecule has 0 radical (unpaired) electrons. The highest BCUT2D eigenvalue weighted by Gasteiger charge is 2.15. The molecule has 6 nitrogen and oxygen atoms in total. The van der Waals surface area contributed by atoms with E-state index in [0.29, 0.717) is 12.2 Å². The molecule has 0 aromatic heterocycles. The normalized spacial score (nSPS) is 13.3. The molecule has 0 spiro atoms. The summed E-state index contributed by atoms with van der Waals surface area (Å²) in [5.41, 5.74) is 5.93. The van der Waals surface area contributed by atoms with E-state index in [1.54, 1.807) is 19.1 Å². The lowest BCUT2D eigenvalue weighted by Crippen LogP contribution is -2.42. The number of urea groups is 1. The van der Waals surface area contributed by atoms with Gasteiger partial charge in [-0.3, -0.25) is 10.1 Å². The third-order valence-corrected chi connectivity index (χ3v) is 2.70. The highest BCUT2D eigenvalue weighted by atomic mass is 16.5. The van der Waals surface area contributed by atoms with Gasteiger partial charge in [0, 0.05) is 0 Å². The Morgan fingerprint density at radius 2 is 1.90 bits per heavy atom. The van der Waals surface area contributed by atoms with Gasteiger partial charge in [0.2, 0.25) is 0 Å². The first kappa shape index (κ1) is 16.0. The third-order valence-electron chi connectivity index (χ3n) is 2.70. The maximum Gasteiger partial charge on any atom is 0.318 e. The molecule has 110 valence electrons. The van der Waals surface area contributed by atoms with Crippen LogP contribution in [0.1, 0.15) is 25.8 Å². The molecule has 20 heavy (non-hydrogen) atoms. The molecule has 1 aromatic carbocycles. The molecule has 2 unspecified atom stereocenters. The Bertz CT molecular complexity index is 457. The van der Waals surface area contributed by atoms with Crippen molar-refractivity contribution >= 4 is 11.9 Å². The fourth-order valence-corrected chi connectivity index (χ4v) is 1.59. The van der Waals surface area contributed by atoms with Crippen LogP contribution >= 0.6 is 0 Å². The minimum Gasteiger partial charge on any atom is -0.481 e. The van der Waals surface area contributed by atoms with Crippen LogP contribution in [0, 0.1) is 0 Å². The van der Waals surface area contributed by atoms with Crippen LogP contribution in [0.15, 0.2) is 24.3 Å². The van der Waals surface area contributed by atoms with E-state index in [4.69, 9.17) is 10.5 Å². The summed E-state index contributed by atoms with van der Waals surface area (Å²) in [6.07, 6.45) is 0.321. The number of aliphatic hydroxyl groups is 1. The summed E-state index contributed by atoms with van der Waals surface area (Å²) >= 11 is 0. The van der Waals surface area contributed by atoms with Gasteiger partial charge >= 0.3 is 6.03 Å². The van der Waals surface area contributed by atoms with Gasteiger partial charge in [-0.1, -0.05) is 12.1 Å². The van der Waals surface area contributed by atoms with E-state index in [1.807, 2.05) is 17.4 Å². The van der Waals surface area contributed by atoms with E-state index >= 15 is 0 Å². The Morgan fingerprint density at radius 3 is 2.40 bits per heavy atom. The number of ether oxygens (including phenoxy) is 1. The van der Waals surface area contributed by atoms with Crippen molar-refractivity contribution in [2.24, 2.45) is 5.73 Å². The van der Waals surface area contributed by atoms with Gasteiger partial charge in [0.05, 0.1) is 6.10 Å². The maximum atomic E-state index is 11.4. The average molecular weight is 280 g/mol. The first-order chi connectivity index (χ1) is 9.38. The van der Waals surface area contributed by atoms with Gasteiger partial charge in [0.15, 0.2) is 6.10 Å². The standard InChI is InChI=1S/C14H20N2O4/c1-9(17)3-4-11-5-7-12(8-6-11)20-10(2)13(18)16-14(15)19/h5-10,17H,3-4H2,1-2H3,(H3,15,16,18,19). The van der Waals surface area contributed by atoms with Gasteiger partial charge in [-0.2, -0.15) is 0 Å². The fourth-order valence-electron chi connectivity index (χ4n) is 1.59. The topological polar surface area (TPSA) is 102 Å². The Hall–Kier alpha value is -2.08. The quantitative estimate of drug-likeness (QED) is 0.722. The van der Waals surface area contributed by atoms with Crippen molar-refractivity contribution in [2.75, 3.05) is 0 Å². The second-order valence-corrected chi connectivity index (χ2v) is 4.65. The highest BCUT2D eigenvalue weighted by molar-refractivity contribution is 5.95. The van der Waals surface area contributed by atoms with Crippen LogP contribution in [-0.2, 0) is 11.2 Å². The van der Waals surface area contributed by atoms with Crippen molar-refractivity contribution in [3.63, 3.8) is 0 Å². The van der Waals surface area contributed by atoms with Crippen molar-refractivity contribution in [3.8, 4) is 5.75 Å². The largest absolute Gasteiger partial charge is 0.481 e. The summed E-state index contributed by atoms with van der Waals surface area (Å²) < 4.78 is 5.39. The molecule has 0 aliphatic heterocycles. The number of carbonyl (C=O) groups excluding carboxylic acids is 2. The van der Waals surface area contributed by atoms with E-state index in [2.05, 4.69) is 0 Å². The Morgan fingerprint density at radius 1 is 1.30 bits per heavy atom. The molecule has 0 heterocycles. The van der Waals surface area contributed by atoms with Gasteiger partial charge in [-0.25, -0.2) is 4.79 Å². The van der Waals surface area contributed by atoms with E-state index in [-0.39, 0.29) is 6.10 Å². The molecule has 0 fully saturated rings. The number of primary amides is 1. The predicted octanol–water partition coefficient (Wildman–Crippen LogP) is 0.962.